The lowest BCUT2D eigenvalue weighted by molar-refractivity contribution is -0.124. The minimum Gasteiger partial charge on any atom is -0.351 e. The van der Waals surface area contributed by atoms with Gasteiger partial charge in [-0.3, -0.25) is 9.69 Å². The molecule has 1 unspecified atom stereocenters. The zero-order valence-corrected chi connectivity index (χ0v) is 18.9. The SMILES string of the molecule is Cc1ccc(S(=O)(=O)N2CCC[C@H]2C(=O)NC2CCN(C3CCCCCC3)C2)cc1. The molecule has 1 aliphatic carbocycles. The van der Waals surface area contributed by atoms with E-state index in [1.165, 1.54) is 42.8 Å². The Balaban J connectivity index is 1.37. The molecule has 166 valence electrons. The summed E-state index contributed by atoms with van der Waals surface area (Å²) in [5.41, 5.74) is 1.02. The molecule has 6 nitrogen and oxygen atoms in total. The maximum absolute atomic E-state index is 13.1. The summed E-state index contributed by atoms with van der Waals surface area (Å²) in [5.74, 6) is -0.129. The summed E-state index contributed by atoms with van der Waals surface area (Å²) >= 11 is 0. The molecular formula is C23H35N3O3S. The lowest BCUT2D eigenvalue weighted by atomic mass is 10.1. The van der Waals surface area contributed by atoms with Gasteiger partial charge >= 0.3 is 0 Å². The molecule has 1 aromatic carbocycles. The Morgan fingerprint density at radius 1 is 0.933 bits per heavy atom. The van der Waals surface area contributed by atoms with E-state index in [0.29, 0.717) is 19.0 Å². The van der Waals surface area contributed by atoms with Crippen molar-refractivity contribution in [2.24, 2.45) is 0 Å². The van der Waals surface area contributed by atoms with E-state index >= 15 is 0 Å². The van der Waals surface area contributed by atoms with Gasteiger partial charge < -0.3 is 5.32 Å². The van der Waals surface area contributed by atoms with Crippen LogP contribution in [0.15, 0.2) is 29.2 Å². The summed E-state index contributed by atoms with van der Waals surface area (Å²) in [5, 5.41) is 3.18. The van der Waals surface area contributed by atoms with Gasteiger partial charge in [-0.2, -0.15) is 4.31 Å². The summed E-state index contributed by atoms with van der Waals surface area (Å²) in [7, 11) is -3.65. The third-order valence-electron chi connectivity index (χ3n) is 7.04. The highest BCUT2D eigenvalue weighted by molar-refractivity contribution is 7.89. The van der Waals surface area contributed by atoms with Gasteiger partial charge in [0.2, 0.25) is 15.9 Å². The van der Waals surface area contributed by atoms with Crippen LogP contribution in [0.1, 0.15) is 63.4 Å². The molecule has 0 bridgehead atoms. The van der Waals surface area contributed by atoms with E-state index in [4.69, 9.17) is 0 Å². The fraction of sp³-hybridized carbons (Fsp3) is 0.696. The van der Waals surface area contributed by atoms with E-state index in [1.54, 1.807) is 24.3 Å². The van der Waals surface area contributed by atoms with Gasteiger partial charge in [-0.15, -0.1) is 0 Å². The van der Waals surface area contributed by atoms with Crippen molar-refractivity contribution < 1.29 is 13.2 Å². The second-order valence-electron chi connectivity index (χ2n) is 9.22. The van der Waals surface area contributed by atoms with Crippen LogP contribution in [-0.2, 0) is 14.8 Å². The Morgan fingerprint density at radius 3 is 2.33 bits per heavy atom. The highest BCUT2D eigenvalue weighted by Gasteiger charge is 2.40. The second kappa shape index (κ2) is 9.37. The number of benzene rings is 1. The maximum Gasteiger partial charge on any atom is 0.243 e. The van der Waals surface area contributed by atoms with Crippen LogP contribution in [0.5, 0.6) is 0 Å². The molecule has 30 heavy (non-hydrogen) atoms. The van der Waals surface area contributed by atoms with Gasteiger partial charge in [0.1, 0.15) is 6.04 Å². The number of hydrogen-bond acceptors (Lipinski definition) is 4. The standard InChI is InChI=1S/C23H35N3O3S/c1-18-10-12-21(13-11-18)30(28,29)26-15-6-9-22(26)23(27)24-19-14-16-25(17-19)20-7-4-2-3-5-8-20/h10-13,19-20,22H,2-9,14-17H2,1H3,(H,24,27)/t19?,22-/m0/s1. The predicted molar refractivity (Wildman–Crippen MR) is 118 cm³/mol. The van der Waals surface area contributed by atoms with Crippen molar-refractivity contribution in [2.75, 3.05) is 19.6 Å². The third kappa shape index (κ3) is 4.73. The van der Waals surface area contributed by atoms with Gasteiger partial charge in [0, 0.05) is 31.7 Å². The van der Waals surface area contributed by atoms with E-state index in [2.05, 4.69) is 10.2 Å². The quantitative estimate of drug-likeness (QED) is 0.725. The highest BCUT2D eigenvalue weighted by atomic mass is 32.2. The second-order valence-corrected chi connectivity index (χ2v) is 11.1. The minimum atomic E-state index is -3.65. The van der Waals surface area contributed by atoms with Gasteiger partial charge in [-0.1, -0.05) is 43.4 Å². The third-order valence-corrected chi connectivity index (χ3v) is 8.96. The Bertz CT molecular complexity index is 832. The number of rotatable bonds is 5. The summed E-state index contributed by atoms with van der Waals surface area (Å²) < 4.78 is 27.7. The Hall–Kier alpha value is -1.44. The first kappa shape index (κ1) is 21.8. The first-order valence-corrected chi connectivity index (χ1v) is 13.0. The first-order chi connectivity index (χ1) is 14.4. The van der Waals surface area contributed by atoms with Crippen LogP contribution in [-0.4, -0.2) is 61.3 Å². The lowest BCUT2D eigenvalue weighted by Crippen LogP contribution is -2.49. The van der Waals surface area contributed by atoms with Gasteiger partial charge in [0.05, 0.1) is 4.90 Å². The van der Waals surface area contributed by atoms with Crippen molar-refractivity contribution in [2.45, 2.75) is 87.7 Å². The Morgan fingerprint density at radius 2 is 1.63 bits per heavy atom. The topological polar surface area (TPSA) is 69.7 Å². The monoisotopic (exact) mass is 433 g/mol. The molecule has 0 radical (unpaired) electrons. The van der Waals surface area contributed by atoms with E-state index in [0.717, 1.165) is 31.5 Å². The summed E-state index contributed by atoms with van der Waals surface area (Å²) in [6.45, 7) is 4.27. The molecule has 7 heteroatoms. The molecular weight excluding hydrogens is 398 g/mol. The average molecular weight is 434 g/mol. The van der Waals surface area contributed by atoms with Crippen molar-refractivity contribution >= 4 is 15.9 Å². The average Bonchev–Trinajstić information content (AvgIpc) is 3.32. The van der Waals surface area contributed by atoms with Gasteiger partial charge in [0.25, 0.3) is 0 Å². The van der Waals surface area contributed by atoms with Crippen LogP contribution in [0.3, 0.4) is 0 Å². The molecule has 1 aromatic rings. The van der Waals surface area contributed by atoms with E-state index in [9.17, 15) is 13.2 Å². The number of hydrogen-bond donors (Lipinski definition) is 1. The fourth-order valence-corrected chi connectivity index (χ4v) is 6.95. The smallest absolute Gasteiger partial charge is 0.243 e. The van der Waals surface area contributed by atoms with Crippen molar-refractivity contribution in [3.63, 3.8) is 0 Å². The van der Waals surface area contributed by atoms with Crippen molar-refractivity contribution in [1.82, 2.24) is 14.5 Å². The molecule has 2 aliphatic heterocycles. The van der Waals surface area contributed by atoms with E-state index in [1.807, 2.05) is 6.92 Å². The summed E-state index contributed by atoms with van der Waals surface area (Å²) in [6, 6.07) is 7.07. The predicted octanol–water partition coefficient (Wildman–Crippen LogP) is 3.06. The molecule has 0 spiro atoms. The molecule has 1 N–H and O–H groups in total. The Kier molecular flexibility index (Phi) is 6.80. The molecule has 0 aromatic heterocycles. The molecule has 1 amide bonds. The van der Waals surface area contributed by atoms with Crippen molar-refractivity contribution in [1.29, 1.82) is 0 Å². The number of nitrogens with one attached hydrogen (secondary N) is 1. The summed E-state index contributed by atoms with van der Waals surface area (Å²) in [6.07, 6.45) is 10.1. The molecule has 1 saturated carbocycles. The molecule has 2 atom stereocenters. The van der Waals surface area contributed by atoms with Crippen LogP contribution in [0.2, 0.25) is 0 Å². The number of likely N-dealkylation sites (tertiary alicyclic amines) is 1. The van der Waals surface area contributed by atoms with Gasteiger partial charge in [-0.05, 0) is 51.2 Å². The molecule has 3 aliphatic rings. The Labute approximate surface area is 181 Å². The van der Waals surface area contributed by atoms with Crippen molar-refractivity contribution in [3.05, 3.63) is 29.8 Å². The maximum atomic E-state index is 13.1. The molecule has 3 fully saturated rings. The number of aryl methyl sites for hydroxylation is 1. The van der Waals surface area contributed by atoms with Crippen molar-refractivity contribution in [3.8, 4) is 0 Å². The van der Waals surface area contributed by atoms with E-state index in [-0.39, 0.29) is 16.8 Å². The van der Waals surface area contributed by atoms with Crippen LogP contribution in [0.25, 0.3) is 0 Å². The first-order valence-electron chi connectivity index (χ1n) is 11.6. The van der Waals surface area contributed by atoms with Crippen LogP contribution < -0.4 is 5.32 Å². The largest absolute Gasteiger partial charge is 0.351 e. The van der Waals surface area contributed by atoms with E-state index < -0.39 is 16.1 Å². The number of amides is 1. The van der Waals surface area contributed by atoms with Gasteiger partial charge in [-0.25, -0.2) is 8.42 Å². The van der Waals surface area contributed by atoms with Gasteiger partial charge in [0.15, 0.2) is 0 Å². The van der Waals surface area contributed by atoms with Crippen LogP contribution >= 0.6 is 0 Å². The highest BCUT2D eigenvalue weighted by Crippen LogP contribution is 2.28. The molecule has 2 saturated heterocycles. The zero-order valence-electron chi connectivity index (χ0n) is 18.1. The zero-order chi connectivity index (χ0) is 21.1. The van der Waals surface area contributed by atoms with Crippen LogP contribution in [0, 0.1) is 6.92 Å². The number of carbonyl (C=O) groups is 1. The molecule has 2 heterocycles. The van der Waals surface area contributed by atoms with Crippen LogP contribution in [0.4, 0.5) is 0 Å². The number of nitrogens with zero attached hydrogens (tertiary/aromatic N) is 2. The number of sulfonamides is 1. The lowest BCUT2D eigenvalue weighted by Gasteiger charge is -2.27. The minimum absolute atomic E-state index is 0.129. The summed E-state index contributed by atoms with van der Waals surface area (Å²) in [4.78, 5) is 15.9. The normalized spacial score (nSPS) is 27.2. The fourth-order valence-electron chi connectivity index (χ4n) is 5.29. The molecule has 4 rings (SSSR count). The number of carbonyl (C=O) groups excluding carboxylic acids is 1.